The smallest absolute Gasteiger partial charge is 0.0431 e. The lowest BCUT2D eigenvalue weighted by Crippen LogP contribution is -2.28. The Balaban J connectivity index is 2.40. The molecule has 0 radical (unpaired) electrons. The van der Waals surface area contributed by atoms with Gasteiger partial charge in [0.05, 0.1) is 0 Å². The fourth-order valence-corrected chi connectivity index (χ4v) is 2.90. The molecule has 0 heterocycles. The van der Waals surface area contributed by atoms with Crippen LogP contribution in [-0.2, 0) is 0 Å². The Labute approximate surface area is 137 Å². The predicted molar refractivity (Wildman–Crippen MR) is 93.6 cm³/mol. The fourth-order valence-electron chi connectivity index (χ4n) is 2.49. The summed E-state index contributed by atoms with van der Waals surface area (Å²) in [6, 6.07) is 8.98. The monoisotopic (exact) mass is 356 g/mol. The molecular formula is C17H29BrN2O. The van der Waals surface area contributed by atoms with Crippen molar-refractivity contribution in [3.63, 3.8) is 0 Å². The first-order chi connectivity index (χ1) is 10.2. The van der Waals surface area contributed by atoms with E-state index in [4.69, 9.17) is 5.11 Å². The van der Waals surface area contributed by atoms with Gasteiger partial charge in [-0.05, 0) is 70.1 Å². The van der Waals surface area contributed by atoms with Crippen LogP contribution in [0, 0.1) is 0 Å². The molecule has 0 aliphatic rings. The Morgan fingerprint density at radius 1 is 1.24 bits per heavy atom. The van der Waals surface area contributed by atoms with E-state index >= 15 is 0 Å². The van der Waals surface area contributed by atoms with E-state index in [1.807, 2.05) is 0 Å². The molecule has 1 aromatic rings. The molecule has 1 atom stereocenters. The maximum atomic E-state index is 8.79. The summed E-state index contributed by atoms with van der Waals surface area (Å²) in [4.78, 5) is 2.39. The molecule has 0 bridgehead atoms. The highest BCUT2D eigenvalue weighted by molar-refractivity contribution is 9.10. The average molecular weight is 357 g/mol. The molecule has 1 rings (SSSR count). The molecule has 21 heavy (non-hydrogen) atoms. The van der Waals surface area contributed by atoms with Crippen LogP contribution in [0.15, 0.2) is 28.7 Å². The number of hydrogen-bond acceptors (Lipinski definition) is 3. The van der Waals surface area contributed by atoms with E-state index in [2.05, 4.69) is 64.4 Å². The fraction of sp³-hybridized carbons (Fsp3) is 0.647. The number of benzene rings is 1. The maximum Gasteiger partial charge on any atom is 0.0431 e. The topological polar surface area (TPSA) is 35.5 Å². The predicted octanol–water partition coefficient (Wildman–Crippen LogP) is 3.58. The van der Waals surface area contributed by atoms with E-state index in [0.29, 0.717) is 12.6 Å². The van der Waals surface area contributed by atoms with Crippen molar-refractivity contribution < 1.29 is 5.11 Å². The third kappa shape index (κ3) is 7.96. The first-order valence-electron chi connectivity index (χ1n) is 7.95. The second-order valence-corrected chi connectivity index (χ2v) is 6.46. The molecule has 0 saturated heterocycles. The van der Waals surface area contributed by atoms with Crippen molar-refractivity contribution in [1.29, 1.82) is 0 Å². The van der Waals surface area contributed by atoms with Gasteiger partial charge in [-0.15, -0.1) is 0 Å². The summed E-state index contributed by atoms with van der Waals surface area (Å²) >= 11 is 3.55. The second-order valence-electron chi connectivity index (χ2n) is 5.54. The minimum Gasteiger partial charge on any atom is -0.396 e. The Morgan fingerprint density at radius 3 is 2.71 bits per heavy atom. The van der Waals surface area contributed by atoms with Crippen LogP contribution >= 0.6 is 15.9 Å². The molecule has 0 aromatic heterocycles. The van der Waals surface area contributed by atoms with Crippen LogP contribution in [0.3, 0.4) is 0 Å². The highest BCUT2D eigenvalue weighted by Crippen LogP contribution is 2.21. The Kier molecular flexibility index (Phi) is 9.92. The van der Waals surface area contributed by atoms with Crippen LogP contribution in [0.2, 0.25) is 0 Å². The van der Waals surface area contributed by atoms with Gasteiger partial charge in [0.25, 0.3) is 0 Å². The van der Waals surface area contributed by atoms with Crippen molar-refractivity contribution in [2.24, 2.45) is 0 Å². The molecule has 0 spiro atoms. The zero-order valence-electron chi connectivity index (χ0n) is 13.3. The van der Waals surface area contributed by atoms with Crippen LogP contribution in [0.1, 0.15) is 44.2 Å². The summed E-state index contributed by atoms with van der Waals surface area (Å²) in [6.45, 7) is 5.65. The summed E-state index contributed by atoms with van der Waals surface area (Å²) in [5, 5.41) is 12.4. The van der Waals surface area contributed by atoms with Crippen molar-refractivity contribution in [3.05, 3.63) is 34.3 Å². The molecule has 2 N–H and O–H groups in total. The van der Waals surface area contributed by atoms with Crippen LogP contribution in [0.4, 0.5) is 0 Å². The van der Waals surface area contributed by atoms with Gasteiger partial charge < -0.3 is 15.3 Å². The third-order valence-electron chi connectivity index (χ3n) is 3.70. The summed E-state index contributed by atoms with van der Waals surface area (Å²) < 4.78 is 1.14. The van der Waals surface area contributed by atoms with Gasteiger partial charge in [0.2, 0.25) is 0 Å². The summed E-state index contributed by atoms with van der Waals surface area (Å²) in [7, 11) is 2.18. The molecule has 0 fully saturated rings. The number of nitrogens with zero attached hydrogens (tertiary/aromatic N) is 1. The lowest BCUT2D eigenvalue weighted by Gasteiger charge is -2.23. The lowest BCUT2D eigenvalue weighted by molar-refractivity contribution is 0.268. The van der Waals surface area contributed by atoms with Crippen LogP contribution in [0.25, 0.3) is 0 Å². The zero-order valence-corrected chi connectivity index (χ0v) is 14.9. The Hall–Kier alpha value is -0.420. The van der Waals surface area contributed by atoms with E-state index in [1.54, 1.807) is 0 Å². The van der Waals surface area contributed by atoms with Gasteiger partial charge in [0.1, 0.15) is 0 Å². The third-order valence-corrected chi connectivity index (χ3v) is 4.19. The molecule has 1 aromatic carbocycles. The van der Waals surface area contributed by atoms with Crippen LogP contribution in [-0.4, -0.2) is 43.3 Å². The van der Waals surface area contributed by atoms with Crippen molar-refractivity contribution in [2.75, 3.05) is 33.3 Å². The molecule has 3 nitrogen and oxygen atoms in total. The lowest BCUT2D eigenvalue weighted by atomic mass is 10.0. The van der Waals surface area contributed by atoms with Gasteiger partial charge in [0, 0.05) is 17.1 Å². The van der Waals surface area contributed by atoms with Gasteiger partial charge >= 0.3 is 0 Å². The van der Waals surface area contributed by atoms with E-state index in [0.717, 1.165) is 43.4 Å². The number of rotatable bonds is 11. The number of hydrogen-bond donors (Lipinski definition) is 2. The summed E-state index contributed by atoms with van der Waals surface area (Å²) in [6.07, 6.45) is 4.32. The standard InChI is InChI=1S/C17H29BrN2O/c1-3-19-17(15-8-7-9-16(18)14-15)10-12-20(2)11-5-4-6-13-21/h7-9,14,17,19,21H,3-6,10-13H2,1-2H3. The Morgan fingerprint density at radius 2 is 2.05 bits per heavy atom. The van der Waals surface area contributed by atoms with E-state index in [1.165, 1.54) is 12.0 Å². The number of unbranched alkanes of at least 4 members (excludes halogenated alkanes) is 2. The average Bonchev–Trinajstić information content (AvgIpc) is 2.48. The molecule has 1 unspecified atom stereocenters. The van der Waals surface area contributed by atoms with Crippen molar-refractivity contribution in [1.82, 2.24) is 10.2 Å². The second kappa shape index (κ2) is 11.2. The Bertz CT molecular complexity index is 387. The number of aliphatic hydroxyl groups is 1. The normalized spacial score (nSPS) is 12.8. The van der Waals surface area contributed by atoms with Gasteiger partial charge in [0.15, 0.2) is 0 Å². The first-order valence-corrected chi connectivity index (χ1v) is 8.75. The minimum atomic E-state index is 0.315. The van der Waals surface area contributed by atoms with Crippen molar-refractivity contribution in [3.8, 4) is 0 Å². The van der Waals surface area contributed by atoms with Gasteiger partial charge in [-0.2, -0.15) is 0 Å². The summed E-state index contributed by atoms with van der Waals surface area (Å²) in [5.41, 5.74) is 1.35. The maximum absolute atomic E-state index is 8.79. The minimum absolute atomic E-state index is 0.315. The molecule has 4 heteroatoms. The quantitative estimate of drug-likeness (QED) is 0.594. The number of aliphatic hydroxyl groups excluding tert-OH is 1. The van der Waals surface area contributed by atoms with Gasteiger partial charge in [-0.25, -0.2) is 0 Å². The molecule has 0 aliphatic heterocycles. The molecular weight excluding hydrogens is 328 g/mol. The van der Waals surface area contributed by atoms with Crippen molar-refractivity contribution in [2.45, 2.75) is 38.6 Å². The SMILES string of the molecule is CCNC(CCN(C)CCCCCO)c1cccc(Br)c1. The molecule has 0 amide bonds. The van der Waals surface area contributed by atoms with Crippen molar-refractivity contribution >= 4 is 15.9 Å². The van der Waals surface area contributed by atoms with E-state index in [9.17, 15) is 0 Å². The zero-order chi connectivity index (χ0) is 15.5. The molecule has 0 saturated carbocycles. The van der Waals surface area contributed by atoms with Gasteiger partial charge in [-0.3, -0.25) is 0 Å². The highest BCUT2D eigenvalue weighted by Gasteiger charge is 2.11. The number of nitrogens with one attached hydrogen (secondary N) is 1. The van der Waals surface area contributed by atoms with Crippen LogP contribution in [0.5, 0.6) is 0 Å². The largest absolute Gasteiger partial charge is 0.396 e. The van der Waals surface area contributed by atoms with Gasteiger partial charge in [-0.1, -0.05) is 35.0 Å². The van der Waals surface area contributed by atoms with E-state index < -0.39 is 0 Å². The summed E-state index contributed by atoms with van der Waals surface area (Å²) in [5.74, 6) is 0. The molecule has 120 valence electrons. The van der Waals surface area contributed by atoms with Crippen LogP contribution < -0.4 is 5.32 Å². The number of halogens is 1. The molecule has 0 aliphatic carbocycles. The highest BCUT2D eigenvalue weighted by atomic mass is 79.9. The van der Waals surface area contributed by atoms with E-state index in [-0.39, 0.29) is 0 Å². The first kappa shape index (κ1) is 18.6.